The van der Waals surface area contributed by atoms with E-state index in [4.69, 9.17) is 20.3 Å². The highest BCUT2D eigenvalue weighted by atomic mass is 16.6. The summed E-state index contributed by atoms with van der Waals surface area (Å²) in [7, 11) is 0. The summed E-state index contributed by atoms with van der Waals surface area (Å²) in [5.74, 6) is -0.479. The predicted octanol–water partition coefficient (Wildman–Crippen LogP) is 2.37. The predicted molar refractivity (Wildman–Crippen MR) is 87.4 cm³/mol. The average molecular weight is 328 g/mol. The number of anilines is 2. The largest absolute Gasteiger partial charge is 0.490 e. The maximum Gasteiger partial charge on any atom is 0.414 e. The molecule has 2 aromatic carbocycles. The minimum absolute atomic E-state index is 0.184. The van der Waals surface area contributed by atoms with E-state index >= 15 is 0 Å². The van der Waals surface area contributed by atoms with Crippen molar-refractivity contribution < 1.29 is 24.2 Å². The number of nitrogens with zero attached hydrogens (tertiary/aromatic N) is 1. The molecule has 1 unspecified atom stereocenters. The molecule has 2 aromatic rings. The first-order valence-electron chi connectivity index (χ1n) is 7.33. The molecular formula is C17H16N2O5. The van der Waals surface area contributed by atoms with Crippen molar-refractivity contribution in [3.63, 3.8) is 0 Å². The van der Waals surface area contributed by atoms with Crippen molar-refractivity contribution in [1.29, 1.82) is 0 Å². The summed E-state index contributed by atoms with van der Waals surface area (Å²) in [4.78, 5) is 24.3. The molecule has 0 aromatic heterocycles. The van der Waals surface area contributed by atoms with Gasteiger partial charge in [0.25, 0.3) is 0 Å². The summed E-state index contributed by atoms with van der Waals surface area (Å²) in [5.41, 5.74) is 7.15. The normalized spacial score (nSPS) is 16.8. The standard InChI is InChI=1S/C17H16N2O5/c18-12-3-5-13(6-4-12)19-9-15(24-17(19)22)10-23-14-7-1-11(2-8-14)16(20)21/h1-8,15H,9-10,18H2,(H,20,21). The second-order valence-electron chi connectivity index (χ2n) is 5.35. The summed E-state index contributed by atoms with van der Waals surface area (Å²) in [5, 5.41) is 8.85. The quantitative estimate of drug-likeness (QED) is 0.817. The van der Waals surface area contributed by atoms with Crippen molar-refractivity contribution in [2.75, 3.05) is 23.8 Å². The SMILES string of the molecule is Nc1ccc(N2CC(COc3ccc(C(=O)O)cc3)OC2=O)cc1. The Morgan fingerprint density at radius 3 is 2.50 bits per heavy atom. The number of hydrogen-bond acceptors (Lipinski definition) is 5. The van der Waals surface area contributed by atoms with Gasteiger partial charge >= 0.3 is 12.1 Å². The molecule has 0 saturated carbocycles. The third-order valence-corrected chi connectivity index (χ3v) is 3.62. The second-order valence-corrected chi connectivity index (χ2v) is 5.35. The van der Waals surface area contributed by atoms with Crippen molar-refractivity contribution in [2.45, 2.75) is 6.10 Å². The summed E-state index contributed by atoms with van der Waals surface area (Å²) < 4.78 is 10.8. The topological polar surface area (TPSA) is 102 Å². The minimum Gasteiger partial charge on any atom is -0.490 e. The number of benzene rings is 2. The maximum atomic E-state index is 12.0. The van der Waals surface area contributed by atoms with Crippen LogP contribution in [0.15, 0.2) is 48.5 Å². The van der Waals surface area contributed by atoms with Gasteiger partial charge in [-0.1, -0.05) is 0 Å². The zero-order valence-electron chi connectivity index (χ0n) is 12.7. The second kappa shape index (κ2) is 6.49. The first-order valence-corrected chi connectivity index (χ1v) is 7.33. The average Bonchev–Trinajstić information content (AvgIpc) is 2.95. The Kier molecular flexibility index (Phi) is 4.24. The van der Waals surface area contributed by atoms with Gasteiger partial charge < -0.3 is 20.3 Å². The van der Waals surface area contributed by atoms with Crippen LogP contribution in [0.3, 0.4) is 0 Å². The van der Waals surface area contributed by atoms with E-state index in [0.29, 0.717) is 23.7 Å². The van der Waals surface area contributed by atoms with Crippen molar-refractivity contribution in [3.05, 3.63) is 54.1 Å². The van der Waals surface area contributed by atoms with E-state index in [9.17, 15) is 9.59 Å². The number of cyclic esters (lactones) is 1. The number of nitrogens with two attached hydrogens (primary N) is 1. The molecule has 7 heteroatoms. The number of hydrogen-bond donors (Lipinski definition) is 2. The van der Waals surface area contributed by atoms with Crippen LogP contribution in [0.2, 0.25) is 0 Å². The summed E-state index contributed by atoms with van der Waals surface area (Å²) in [6, 6.07) is 13.0. The fourth-order valence-electron chi connectivity index (χ4n) is 2.36. The number of carbonyl (C=O) groups is 2. The molecule has 1 fully saturated rings. The maximum absolute atomic E-state index is 12.0. The summed E-state index contributed by atoms with van der Waals surface area (Å²) in [6.45, 7) is 0.555. The van der Waals surface area contributed by atoms with E-state index in [1.165, 1.54) is 17.0 Å². The number of aromatic carboxylic acids is 1. The number of amides is 1. The first-order chi connectivity index (χ1) is 11.5. The molecular weight excluding hydrogens is 312 g/mol. The van der Waals surface area contributed by atoms with E-state index in [2.05, 4.69) is 0 Å². The zero-order valence-corrected chi connectivity index (χ0v) is 12.7. The van der Waals surface area contributed by atoms with Crippen LogP contribution in [0.1, 0.15) is 10.4 Å². The molecule has 1 saturated heterocycles. The summed E-state index contributed by atoms with van der Waals surface area (Å²) in [6.07, 6.45) is -0.844. The van der Waals surface area contributed by atoms with Crippen molar-refractivity contribution in [2.24, 2.45) is 0 Å². The van der Waals surface area contributed by atoms with E-state index in [1.54, 1.807) is 36.4 Å². The minimum atomic E-state index is -0.995. The third-order valence-electron chi connectivity index (χ3n) is 3.62. The number of rotatable bonds is 5. The number of ether oxygens (including phenoxy) is 2. The number of carbonyl (C=O) groups excluding carboxylic acids is 1. The van der Waals surface area contributed by atoms with E-state index in [0.717, 1.165) is 0 Å². The molecule has 7 nitrogen and oxygen atoms in total. The first kappa shape index (κ1) is 15.7. The molecule has 0 radical (unpaired) electrons. The van der Waals surface area contributed by atoms with Crippen molar-refractivity contribution in [3.8, 4) is 5.75 Å². The van der Waals surface area contributed by atoms with Gasteiger partial charge in [0.1, 0.15) is 12.4 Å². The van der Waals surface area contributed by atoms with E-state index in [-0.39, 0.29) is 12.2 Å². The molecule has 1 heterocycles. The fraction of sp³-hybridized carbons (Fsp3) is 0.176. The lowest BCUT2D eigenvalue weighted by Gasteiger charge is -2.13. The van der Waals surface area contributed by atoms with Crippen LogP contribution in [-0.2, 0) is 4.74 Å². The van der Waals surface area contributed by atoms with Crippen LogP contribution >= 0.6 is 0 Å². The van der Waals surface area contributed by atoms with Crippen LogP contribution in [-0.4, -0.2) is 36.4 Å². The monoisotopic (exact) mass is 328 g/mol. The van der Waals surface area contributed by atoms with Gasteiger partial charge in [-0.2, -0.15) is 0 Å². The van der Waals surface area contributed by atoms with Gasteiger partial charge in [-0.05, 0) is 48.5 Å². The van der Waals surface area contributed by atoms with Gasteiger partial charge in [-0.25, -0.2) is 9.59 Å². The Balaban J connectivity index is 1.58. The highest BCUT2D eigenvalue weighted by molar-refractivity contribution is 5.90. The van der Waals surface area contributed by atoms with Crippen LogP contribution in [0.25, 0.3) is 0 Å². The van der Waals surface area contributed by atoms with Crippen LogP contribution < -0.4 is 15.4 Å². The van der Waals surface area contributed by atoms with Crippen LogP contribution in [0, 0.1) is 0 Å². The van der Waals surface area contributed by atoms with Crippen molar-refractivity contribution in [1.82, 2.24) is 0 Å². The highest BCUT2D eigenvalue weighted by Gasteiger charge is 2.32. The lowest BCUT2D eigenvalue weighted by Crippen LogP contribution is -2.26. The number of carboxylic acids is 1. The van der Waals surface area contributed by atoms with Gasteiger partial charge in [0.2, 0.25) is 0 Å². The lowest BCUT2D eigenvalue weighted by atomic mass is 10.2. The van der Waals surface area contributed by atoms with Gasteiger partial charge in [-0.3, -0.25) is 4.90 Å². The molecule has 1 aliphatic rings. The molecule has 124 valence electrons. The van der Waals surface area contributed by atoms with E-state index < -0.39 is 18.2 Å². The fourth-order valence-corrected chi connectivity index (χ4v) is 2.36. The summed E-state index contributed by atoms with van der Waals surface area (Å²) >= 11 is 0. The highest BCUT2D eigenvalue weighted by Crippen LogP contribution is 2.23. The Morgan fingerprint density at radius 1 is 1.21 bits per heavy atom. The molecule has 0 aliphatic carbocycles. The molecule has 1 amide bonds. The van der Waals surface area contributed by atoms with Crippen LogP contribution in [0.4, 0.5) is 16.2 Å². The van der Waals surface area contributed by atoms with Gasteiger partial charge in [0.15, 0.2) is 6.10 Å². The molecule has 0 spiro atoms. The molecule has 3 rings (SSSR count). The van der Waals surface area contributed by atoms with Crippen molar-refractivity contribution >= 4 is 23.4 Å². The molecule has 1 aliphatic heterocycles. The molecule has 3 N–H and O–H groups in total. The number of carboxylic acid groups (broad SMARTS) is 1. The van der Waals surface area contributed by atoms with Gasteiger partial charge in [0, 0.05) is 11.4 Å². The smallest absolute Gasteiger partial charge is 0.414 e. The zero-order chi connectivity index (χ0) is 17.1. The molecule has 0 bridgehead atoms. The van der Waals surface area contributed by atoms with Gasteiger partial charge in [-0.15, -0.1) is 0 Å². The molecule has 1 atom stereocenters. The van der Waals surface area contributed by atoms with Crippen LogP contribution in [0.5, 0.6) is 5.75 Å². The Hall–Kier alpha value is -3.22. The Morgan fingerprint density at radius 2 is 1.88 bits per heavy atom. The van der Waals surface area contributed by atoms with E-state index in [1.807, 2.05) is 0 Å². The molecule has 24 heavy (non-hydrogen) atoms. The Bertz CT molecular complexity index is 743. The number of nitrogen functional groups attached to an aromatic ring is 1. The Labute approximate surface area is 138 Å². The van der Waals surface area contributed by atoms with Gasteiger partial charge in [0.05, 0.1) is 12.1 Å². The lowest BCUT2D eigenvalue weighted by molar-refractivity contribution is 0.0696. The third kappa shape index (κ3) is 3.40.